The molecule has 0 saturated heterocycles. The Kier molecular flexibility index (Phi) is 82.4. The zero-order valence-corrected chi connectivity index (χ0v) is 72.8. The van der Waals surface area contributed by atoms with E-state index in [1.54, 1.807) is 0 Å². The first-order valence-electron chi connectivity index (χ1n) is 44.4. The average Bonchev–Trinajstić information content (AvgIpc) is 0.899. The largest absolute Gasteiger partial charge is 0.472 e. The molecule has 0 aromatic heterocycles. The number of aliphatic hydroxyl groups excluding tert-OH is 2. The lowest BCUT2D eigenvalue weighted by Gasteiger charge is -2.21. The molecule has 0 rings (SSSR count). The maximum absolute atomic E-state index is 13.0. The third kappa shape index (κ3) is 87.6. The number of unbranched alkanes of at least 4 members (excludes halogenated alkanes) is 32. The highest BCUT2D eigenvalue weighted by Crippen LogP contribution is 2.45. The van der Waals surface area contributed by atoms with Gasteiger partial charge in [-0.15, -0.1) is 0 Å². The first kappa shape index (κ1) is 108. The summed E-state index contributed by atoms with van der Waals surface area (Å²) in [7, 11) is -9.82. The maximum Gasteiger partial charge on any atom is 0.472 e. The number of esters is 3. The smallest absolute Gasteiger partial charge is 0.463 e. The molecular weight excluding hydrogens is 1460 g/mol. The fourth-order valence-electron chi connectivity index (χ4n) is 11.7. The van der Waals surface area contributed by atoms with E-state index in [0.717, 1.165) is 186 Å². The number of phosphoric ester groups is 2. The summed E-state index contributed by atoms with van der Waals surface area (Å²) in [6.07, 6.45) is 111. The van der Waals surface area contributed by atoms with E-state index in [1.807, 2.05) is 0 Å². The van der Waals surface area contributed by atoms with Crippen molar-refractivity contribution in [1.29, 1.82) is 0 Å². The number of ether oxygens (including phenoxy) is 3. The minimum absolute atomic E-state index is 0.0815. The van der Waals surface area contributed by atoms with E-state index >= 15 is 0 Å². The number of hydrogen-bond acceptors (Lipinski definition) is 14. The van der Waals surface area contributed by atoms with Crippen molar-refractivity contribution in [2.45, 2.75) is 373 Å². The molecule has 0 fully saturated rings. The van der Waals surface area contributed by atoms with Gasteiger partial charge in [-0.05, 0) is 154 Å². The molecule has 0 bridgehead atoms. The molecule has 646 valence electrons. The Morgan fingerprint density at radius 3 is 0.743 bits per heavy atom. The summed E-state index contributed by atoms with van der Waals surface area (Å²) >= 11 is 0. The SMILES string of the molecule is CC/C=C\C/C=C\C/C=C\C/C=C\C/C=C\C/C=C\CCCCCCCCCCCCCCCCCCC(=O)OCC(O)COP(=O)(O)OCC(O)COP(=O)(O)OCC(COC(=O)CCCCCCCCC/C=C\C/C=C\C/C=C\C/C=C\CCCCC)OC(=O)CCCCCCCC/C=C\C/C=C\C/C=C\C/C=C\CC. The van der Waals surface area contributed by atoms with E-state index in [2.05, 4.69) is 191 Å². The van der Waals surface area contributed by atoms with Crippen LogP contribution in [0, 0.1) is 0 Å². The standard InChI is InChI=1S/C95H160O16P2/c1-4-7-10-13-16-19-22-25-28-31-34-36-38-39-40-41-42-43-44-45-46-47-48-49-51-53-55-57-60-63-66-69-72-75-78-81-93(98)105-84-90(96)85-107-112(101,102)108-86-91(97)87-109-113(103,104)110-89-92(111-95(100)83-80-77-74-71-68-65-62-59-54-33-30-27-24-21-18-15-12-9-6-3)88-106-94(99)82-79-76-73-70-67-64-61-58-56-52-50-37-35-32-29-26-23-20-17-14-11-8-5-2/h7,9-10,12,16-21,25-30,34-37,39-40,42-43,52,54,56,59,90-92,96-97H,4-6,8,11,13-15,22-24,31-33,38,41,44-51,53,55,57-58,60-89H2,1-3H3,(H,101,102)(H,103,104)/b10-7-,12-9-,19-16-,20-17-,21-18-,28-25-,29-26-,30-27-,36-34-,37-35-,40-39-,43-42-,56-52-,59-54-. The Hall–Kier alpha value is -5.09. The monoisotopic (exact) mass is 1620 g/mol. The van der Waals surface area contributed by atoms with Crippen LogP contribution in [0.4, 0.5) is 0 Å². The second-order valence-corrected chi connectivity index (χ2v) is 32.2. The summed E-state index contributed by atoms with van der Waals surface area (Å²) in [5.74, 6) is -1.60. The van der Waals surface area contributed by atoms with Crippen LogP contribution < -0.4 is 0 Å². The zero-order chi connectivity index (χ0) is 82.2. The maximum atomic E-state index is 13.0. The topological polar surface area (TPSA) is 231 Å². The van der Waals surface area contributed by atoms with Gasteiger partial charge in [-0.25, -0.2) is 9.13 Å². The number of allylic oxidation sites excluding steroid dienone is 28. The first-order valence-corrected chi connectivity index (χ1v) is 47.4. The molecule has 0 aliphatic rings. The van der Waals surface area contributed by atoms with Gasteiger partial charge in [0.2, 0.25) is 0 Å². The second kappa shape index (κ2) is 86.3. The number of carbonyl (C=O) groups excluding carboxylic acids is 3. The van der Waals surface area contributed by atoms with Crippen molar-refractivity contribution in [2.24, 2.45) is 0 Å². The molecule has 0 aliphatic carbocycles. The van der Waals surface area contributed by atoms with Crippen LogP contribution in [0.2, 0.25) is 0 Å². The van der Waals surface area contributed by atoms with Crippen molar-refractivity contribution in [3.05, 3.63) is 170 Å². The van der Waals surface area contributed by atoms with Gasteiger partial charge in [-0.2, -0.15) is 0 Å². The minimum Gasteiger partial charge on any atom is -0.463 e. The quantitative estimate of drug-likeness (QED) is 0.0146. The lowest BCUT2D eigenvalue weighted by molar-refractivity contribution is -0.161. The fourth-order valence-corrected chi connectivity index (χ4v) is 13.3. The molecule has 0 aromatic carbocycles. The van der Waals surface area contributed by atoms with Crippen LogP contribution in [0.3, 0.4) is 0 Å². The van der Waals surface area contributed by atoms with Crippen molar-refractivity contribution in [3.63, 3.8) is 0 Å². The molecular formula is C95H160O16P2. The lowest BCUT2D eigenvalue weighted by atomic mass is 10.0. The normalized spacial score (nSPS) is 14.6. The Bertz CT molecular complexity index is 2730. The summed E-state index contributed by atoms with van der Waals surface area (Å²) < 4.78 is 61.4. The molecule has 0 radical (unpaired) electrons. The molecule has 0 saturated carbocycles. The van der Waals surface area contributed by atoms with Gasteiger partial charge in [0, 0.05) is 19.3 Å². The molecule has 0 aromatic rings. The van der Waals surface area contributed by atoms with Crippen molar-refractivity contribution in [1.82, 2.24) is 0 Å². The van der Waals surface area contributed by atoms with E-state index in [1.165, 1.54) is 109 Å². The Balaban J connectivity index is 4.52. The Morgan fingerprint density at radius 2 is 0.469 bits per heavy atom. The summed E-state index contributed by atoms with van der Waals surface area (Å²) in [4.78, 5) is 58.9. The third-order valence-electron chi connectivity index (χ3n) is 18.4. The molecule has 0 amide bonds. The van der Waals surface area contributed by atoms with Crippen molar-refractivity contribution >= 4 is 33.6 Å². The first-order chi connectivity index (χ1) is 55.2. The summed E-state index contributed by atoms with van der Waals surface area (Å²) in [6.45, 7) is 2.42. The van der Waals surface area contributed by atoms with Crippen LogP contribution in [0.25, 0.3) is 0 Å². The molecule has 18 heteroatoms. The zero-order valence-electron chi connectivity index (χ0n) is 71.0. The van der Waals surface area contributed by atoms with E-state index in [0.29, 0.717) is 19.3 Å². The predicted molar refractivity (Wildman–Crippen MR) is 472 cm³/mol. The molecule has 0 spiro atoms. The highest BCUT2D eigenvalue weighted by molar-refractivity contribution is 7.47. The van der Waals surface area contributed by atoms with Crippen LogP contribution in [-0.4, -0.2) is 95.9 Å². The summed E-state index contributed by atoms with van der Waals surface area (Å²) in [5.41, 5.74) is 0. The van der Waals surface area contributed by atoms with E-state index in [9.17, 15) is 43.5 Å². The molecule has 5 atom stereocenters. The average molecular weight is 1620 g/mol. The highest BCUT2D eigenvalue weighted by Gasteiger charge is 2.29. The van der Waals surface area contributed by atoms with Gasteiger partial charge in [0.25, 0.3) is 0 Å². The lowest BCUT2D eigenvalue weighted by Crippen LogP contribution is -2.30. The van der Waals surface area contributed by atoms with E-state index in [-0.39, 0.29) is 19.3 Å². The highest BCUT2D eigenvalue weighted by atomic mass is 31.2. The predicted octanol–water partition coefficient (Wildman–Crippen LogP) is 27.1. The number of phosphoric acid groups is 2. The number of rotatable bonds is 83. The van der Waals surface area contributed by atoms with Gasteiger partial charge in [-0.1, -0.05) is 351 Å². The van der Waals surface area contributed by atoms with Gasteiger partial charge in [0.1, 0.15) is 25.4 Å². The van der Waals surface area contributed by atoms with Gasteiger partial charge in [0.05, 0.1) is 26.4 Å². The second-order valence-electron chi connectivity index (χ2n) is 29.3. The number of carbonyl (C=O) groups is 3. The summed E-state index contributed by atoms with van der Waals surface area (Å²) in [6, 6.07) is 0. The van der Waals surface area contributed by atoms with Crippen LogP contribution in [0.1, 0.15) is 355 Å². The van der Waals surface area contributed by atoms with Gasteiger partial charge < -0.3 is 34.2 Å². The summed E-state index contributed by atoms with van der Waals surface area (Å²) in [5, 5.41) is 20.7. The Morgan fingerprint density at radius 1 is 0.257 bits per heavy atom. The van der Waals surface area contributed by atoms with Gasteiger partial charge in [0.15, 0.2) is 6.10 Å². The van der Waals surface area contributed by atoms with E-state index in [4.69, 9.17) is 32.3 Å². The van der Waals surface area contributed by atoms with Crippen molar-refractivity contribution in [2.75, 3.05) is 39.6 Å². The van der Waals surface area contributed by atoms with Crippen LogP contribution in [0.5, 0.6) is 0 Å². The fraction of sp³-hybridized carbons (Fsp3) is 0.674. The molecule has 0 heterocycles. The van der Waals surface area contributed by atoms with Gasteiger partial charge >= 0.3 is 33.6 Å². The molecule has 16 nitrogen and oxygen atoms in total. The van der Waals surface area contributed by atoms with Crippen LogP contribution in [-0.2, 0) is 55.8 Å². The van der Waals surface area contributed by atoms with E-state index < -0.39 is 91.5 Å². The molecule has 0 aliphatic heterocycles. The van der Waals surface area contributed by atoms with Gasteiger partial charge in [-0.3, -0.25) is 32.5 Å². The van der Waals surface area contributed by atoms with Crippen molar-refractivity contribution < 1.29 is 75.8 Å². The third-order valence-corrected chi connectivity index (χ3v) is 20.3. The molecule has 4 N–H and O–H groups in total. The van der Waals surface area contributed by atoms with Crippen LogP contribution in [0.15, 0.2) is 170 Å². The Labute approximate surface area is 688 Å². The van der Waals surface area contributed by atoms with Crippen molar-refractivity contribution in [3.8, 4) is 0 Å². The molecule has 113 heavy (non-hydrogen) atoms. The molecule has 5 unspecified atom stereocenters. The number of aliphatic hydroxyl groups is 2. The van der Waals surface area contributed by atoms with Crippen LogP contribution >= 0.6 is 15.6 Å². The minimum atomic E-state index is -4.95. The number of hydrogen-bond donors (Lipinski definition) is 4.